The summed E-state index contributed by atoms with van der Waals surface area (Å²) in [6.07, 6.45) is 1.67. The van der Waals surface area contributed by atoms with Crippen LogP contribution in [0.25, 0.3) is 0 Å². The molecule has 3 N–H and O–H groups in total. The van der Waals surface area contributed by atoms with Gasteiger partial charge in [0.25, 0.3) is 5.91 Å². The Morgan fingerprint density at radius 3 is 2.73 bits per heavy atom. The Hall–Kier alpha value is -1.34. The van der Waals surface area contributed by atoms with E-state index in [1.165, 1.54) is 16.7 Å². The molecule has 0 aliphatic carbocycles. The maximum atomic E-state index is 12.8. The minimum Gasteiger partial charge on any atom is -0.548 e. The van der Waals surface area contributed by atoms with Crippen LogP contribution in [0.1, 0.15) is 39.3 Å². The van der Waals surface area contributed by atoms with E-state index in [9.17, 15) is 19.5 Å². The van der Waals surface area contributed by atoms with E-state index in [0.29, 0.717) is 6.61 Å². The fraction of sp³-hybridized carbons (Fsp3) is 0.588. The SMILES string of the molecule is CCCCO/N=C(\C(=O)N[C@H]1C(=O)N2[C@@H]1SC(C)(C)[C@@H]2C(=O)[O-])c1csc(N)n1.[Na+]. The monoisotopic (exact) mass is 463 g/mol. The first-order valence-electron chi connectivity index (χ1n) is 9.10. The first kappa shape index (κ1) is 24.9. The number of thioether (sulfide) groups is 1. The number of β-lactam (4-membered cyclic amide) rings is 1. The molecule has 3 heterocycles. The minimum atomic E-state index is -1.31. The van der Waals surface area contributed by atoms with E-state index in [4.69, 9.17) is 10.6 Å². The Morgan fingerprint density at radius 2 is 2.17 bits per heavy atom. The van der Waals surface area contributed by atoms with Crippen LogP contribution in [0.15, 0.2) is 10.5 Å². The molecular formula is C17H22N5NaO5S2. The molecule has 2 aliphatic rings. The molecule has 2 fully saturated rings. The zero-order valence-electron chi connectivity index (χ0n) is 17.2. The minimum absolute atomic E-state index is 0. The van der Waals surface area contributed by atoms with Crippen molar-refractivity contribution >= 4 is 51.7 Å². The van der Waals surface area contributed by atoms with Gasteiger partial charge < -0.3 is 30.7 Å². The maximum Gasteiger partial charge on any atom is 1.00 e. The van der Waals surface area contributed by atoms with E-state index in [0.717, 1.165) is 24.2 Å². The Balaban J connectivity index is 0.00000320. The van der Waals surface area contributed by atoms with Gasteiger partial charge in [0.2, 0.25) is 5.91 Å². The van der Waals surface area contributed by atoms with Crippen molar-refractivity contribution in [3.63, 3.8) is 0 Å². The second-order valence-corrected chi connectivity index (χ2v) is 9.89. The number of thiazole rings is 1. The van der Waals surface area contributed by atoms with Crippen molar-refractivity contribution in [3.8, 4) is 0 Å². The molecule has 1 aromatic rings. The number of carboxylic acids is 1. The Bertz CT molecular complexity index is 861. The van der Waals surface area contributed by atoms with Gasteiger partial charge in [0.05, 0.1) is 12.0 Å². The van der Waals surface area contributed by atoms with Crippen LogP contribution >= 0.6 is 23.1 Å². The summed E-state index contributed by atoms with van der Waals surface area (Å²) in [5.41, 5.74) is 5.81. The number of aromatic nitrogens is 1. The van der Waals surface area contributed by atoms with Crippen LogP contribution in [0.5, 0.6) is 0 Å². The smallest absolute Gasteiger partial charge is 0.548 e. The number of nitrogens with two attached hydrogens (primary N) is 1. The first-order chi connectivity index (χ1) is 13.7. The molecule has 0 bridgehead atoms. The third-order valence-corrected chi connectivity index (χ3v) is 6.92. The predicted octanol–water partition coefficient (Wildman–Crippen LogP) is -3.45. The summed E-state index contributed by atoms with van der Waals surface area (Å²) in [7, 11) is 0. The number of aliphatic carboxylic acids is 1. The summed E-state index contributed by atoms with van der Waals surface area (Å²) in [5.74, 6) is -2.42. The molecule has 10 nitrogen and oxygen atoms in total. The normalized spacial score (nSPS) is 24.5. The summed E-state index contributed by atoms with van der Waals surface area (Å²) in [6, 6.07) is -1.92. The Morgan fingerprint density at radius 1 is 1.47 bits per heavy atom. The van der Waals surface area contributed by atoms with Gasteiger partial charge in [0, 0.05) is 10.1 Å². The zero-order valence-corrected chi connectivity index (χ0v) is 20.8. The zero-order chi connectivity index (χ0) is 21.3. The summed E-state index contributed by atoms with van der Waals surface area (Å²) < 4.78 is -0.734. The summed E-state index contributed by atoms with van der Waals surface area (Å²) in [4.78, 5) is 47.4. The molecule has 0 saturated carbocycles. The molecule has 1 aromatic heterocycles. The van der Waals surface area contributed by atoms with Crippen LogP contribution in [-0.4, -0.2) is 62.2 Å². The van der Waals surface area contributed by atoms with Gasteiger partial charge in [0.1, 0.15) is 23.7 Å². The van der Waals surface area contributed by atoms with Crippen molar-refractivity contribution in [2.24, 2.45) is 5.16 Å². The Kier molecular flexibility index (Phi) is 8.19. The number of anilines is 1. The molecule has 3 rings (SSSR count). The molecular weight excluding hydrogens is 441 g/mol. The van der Waals surface area contributed by atoms with E-state index in [1.807, 2.05) is 6.92 Å². The summed E-state index contributed by atoms with van der Waals surface area (Å²) in [5, 5.41) is 19.4. The van der Waals surface area contributed by atoms with E-state index in [1.54, 1.807) is 19.2 Å². The van der Waals surface area contributed by atoms with E-state index in [2.05, 4.69) is 15.5 Å². The van der Waals surface area contributed by atoms with Gasteiger partial charge in [-0.15, -0.1) is 23.1 Å². The van der Waals surface area contributed by atoms with E-state index in [-0.39, 0.29) is 46.1 Å². The van der Waals surface area contributed by atoms with Gasteiger partial charge in [-0.3, -0.25) is 9.59 Å². The molecule has 0 radical (unpaired) electrons. The number of carbonyl (C=O) groups excluding carboxylic acids is 3. The number of unbranched alkanes of at least 4 members (excludes halogenated alkanes) is 1. The second kappa shape index (κ2) is 9.86. The van der Waals surface area contributed by atoms with Crippen molar-refractivity contribution < 1.29 is 53.9 Å². The number of nitrogen functional groups attached to an aromatic ring is 1. The topological polar surface area (TPSA) is 150 Å². The van der Waals surface area contributed by atoms with Crippen LogP contribution in [0.4, 0.5) is 5.13 Å². The third kappa shape index (κ3) is 4.77. The number of hydrogen-bond acceptors (Lipinski definition) is 10. The molecule has 3 atom stereocenters. The van der Waals surface area contributed by atoms with Crippen molar-refractivity contribution in [2.45, 2.75) is 55.8 Å². The van der Waals surface area contributed by atoms with Gasteiger partial charge >= 0.3 is 29.6 Å². The number of carbonyl (C=O) groups is 3. The van der Waals surface area contributed by atoms with Crippen LogP contribution in [0.3, 0.4) is 0 Å². The molecule has 2 aliphatic heterocycles. The van der Waals surface area contributed by atoms with Gasteiger partial charge in [-0.25, -0.2) is 4.98 Å². The van der Waals surface area contributed by atoms with E-state index >= 15 is 0 Å². The number of carboxylic acid groups (broad SMARTS) is 1. The number of nitrogens with one attached hydrogen (secondary N) is 1. The van der Waals surface area contributed by atoms with Crippen molar-refractivity contribution in [1.82, 2.24) is 15.2 Å². The second-order valence-electron chi connectivity index (χ2n) is 7.23. The van der Waals surface area contributed by atoms with Gasteiger partial charge in [-0.2, -0.15) is 0 Å². The number of fused-ring (bicyclic) bond motifs is 1. The van der Waals surface area contributed by atoms with Gasteiger partial charge in [-0.05, 0) is 20.3 Å². The largest absolute Gasteiger partial charge is 1.00 e. The van der Waals surface area contributed by atoms with Crippen LogP contribution in [0, 0.1) is 0 Å². The standard InChI is InChI=1S/C17H23N5O5S2.Na/c1-4-5-6-27-21-9(8-7-28-16(18)19-8)12(23)20-10-13(24)22-11(15(25)26)17(2,3)29-14(10)22;/h7,10-11,14H,4-6H2,1-3H3,(H2,18,19)(H,20,23)(H,25,26);/q;+1/p-1/b21-9-;/t10-,11-,14+;/m0./s1. The molecule has 30 heavy (non-hydrogen) atoms. The molecule has 2 amide bonds. The van der Waals surface area contributed by atoms with Gasteiger partial charge in [0.15, 0.2) is 10.8 Å². The summed E-state index contributed by atoms with van der Waals surface area (Å²) >= 11 is 2.46. The number of rotatable bonds is 8. The quantitative estimate of drug-likeness (QED) is 0.133. The predicted molar refractivity (Wildman–Crippen MR) is 107 cm³/mol. The third-order valence-electron chi connectivity index (χ3n) is 4.68. The molecule has 0 unspecified atom stereocenters. The molecule has 158 valence electrons. The Labute approximate surface area is 204 Å². The number of amides is 2. The number of oxime groups is 1. The van der Waals surface area contributed by atoms with Gasteiger partial charge in [-0.1, -0.05) is 18.5 Å². The molecule has 13 heteroatoms. The average Bonchev–Trinajstić information content (AvgIpc) is 3.18. The molecule has 0 aromatic carbocycles. The number of hydrogen-bond donors (Lipinski definition) is 2. The summed E-state index contributed by atoms with van der Waals surface area (Å²) in [6.45, 7) is 5.80. The van der Waals surface area contributed by atoms with Crippen LogP contribution < -0.4 is 45.7 Å². The van der Waals surface area contributed by atoms with Crippen molar-refractivity contribution in [3.05, 3.63) is 11.1 Å². The fourth-order valence-corrected chi connectivity index (χ4v) is 5.42. The molecule has 2 saturated heterocycles. The van der Waals surface area contributed by atoms with Crippen LogP contribution in [0.2, 0.25) is 0 Å². The molecule has 0 spiro atoms. The van der Waals surface area contributed by atoms with Crippen molar-refractivity contribution in [1.29, 1.82) is 0 Å². The van der Waals surface area contributed by atoms with Crippen molar-refractivity contribution in [2.75, 3.05) is 12.3 Å². The van der Waals surface area contributed by atoms with Crippen LogP contribution in [-0.2, 0) is 19.2 Å². The number of nitrogens with zero attached hydrogens (tertiary/aromatic N) is 3. The fourth-order valence-electron chi connectivity index (χ4n) is 3.26. The van der Waals surface area contributed by atoms with E-state index < -0.39 is 40.0 Å². The average molecular weight is 464 g/mol. The maximum absolute atomic E-state index is 12.8. The first-order valence-corrected chi connectivity index (χ1v) is 10.9.